The maximum atomic E-state index is 6.02. The number of nitrogens with two attached hydrogens (primary N) is 1. The van der Waals surface area contributed by atoms with E-state index >= 15 is 0 Å². The molecule has 4 rings (SSSR count). The predicted octanol–water partition coefficient (Wildman–Crippen LogP) is 1.71. The molecule has 1 saturated carbocycles. The molecule has 3 atom stereocenters. The summed E-state index contributed by atoms with van der Waals surface area (Å²) in [4.78, 5) is 7.46. The van der Waals surface area contributed by atoms with Gasteiger partial charge in [0.05, 0.1) is 16.8 Å². The standard InChI is InChI=1S/C17H24N6S/c1-12-4-5-15(18)24-16(20-12)21-14-9-17(14)6-8-23(11-17)10-13-3-2-7-19-22-13/h2-3,5,7,12,14H,4,6,8-11,18H2,1H3,(H,20,21)/t12?,14?,17-/m1/s1. The van der Waals surface area contributed by atoms with Crippen LogP contribution in [0.15, 0.2) is 34.4 Å². The summed E-state index contributed by atoms with van der Waals surface area (Å²) < 4.78 is 0. The van der Waals surface area contributed by atoms with E-state index in [0.717, 1.165) is 41.9 Å². The van der Waals surface area contributed by atoms with Gasteiger partial charge in [-0.15, -0.1) is 0 Å². The smallest absolute Gasteiger partial charge is 0.163 e. The lowest BCUT2D eigenvalue weighted by molar-refractivity contribution is 0.305. The Kier molecular flexibility index (Phi) is 4.22. The number of hydrogen-bond donors (Lipinski definition) is 2. The van der Waals surface area contributed by atoms with Crippen LogP contribution in [0.3, 0.4) is 0 Å². The Balaban J connectivity index is 1.37. The minimum absolute atomic E-state index is 0.367. The molecule has 0 aromatic carbocycles. The Hall–Kier alpha value is -1.60. The first kappa shape index (κ1) is 15.9. The average Bonchev–Trinajstić information content (AvgIpc) is 3.11. The van der Waals surface area contributed by atoms with E-state index in [1.165, 1.54) is 12.8 Å². The highest BCUT2D eigenvalue weighted by molar-refractivity contribution is 8.17. The normalized spacial score (nSPS) is 34.9. The van der Waals surface area contributed by atoms with Crippen molar-refractivity contribution in [3.05, 3.63) is 35.1 Å². The Morgan fingerprint density at radius 2 is 2.46 bits per heavy atom. The minimum Gasteiger partial charge on any atom is -0.393 e. The second kappa shape index (κ2) is 6.37. The highest BCUT2D eigenvalue weighted by Crippen LogP contribution is 2.55. The van der Waals surface area contributed by atoms with Crippen LogP contribution in [0.2, 0.25) is 0 Å². The Labute approximate surface area is 147 Å². The summed E-state index contributed by atoms with van der Waals surface area (Å²) >= 11 is 1.57. The van der Waals surface area contributed by atoms with Gasteiger partial charge in [0.25, 0.3) is 0 Å². The van der Waals surface area contributed by atoms with E-state index in [-0.39, 0.29) is 0 Å². The maximum Gasteiger partial charge on any atom is 0.163 e. The molecule has 3 N–H and O–H groups in total. The Bertz CT molecular complexity index is 660. The zero-order chi connectivity index (χ0) is 16.6. The summed E-state index contributed by atoms with van der Waals surface area (Å²) in [5, 5.41) is 13.5. The first-order chi connectivity index (χ1) is 11.6. The fraction of sp³-hybridized carbons (Fsp3) is 0.588. The van der Waals surface area contributed by atoms with Crippen molar-refractivity contribution in [3.63, 3.8) is 0 Å². The van der Waals surface area contributed by atoms with Crippen molar-refractivity contribution >= 4 is 16.9 Å². The summed E-state index contributed by atoms with van der Waals surface area (Å²) in [5.74, 6) is 0. The van der Waals surface area contributed by atoms with Gasteiger partial charge in [-0.2, -0.15) is 10.2 Å². The van der Waals surface area contributed by atoms with Crippen molar-refractivity contribution in [2.45, 2.75) is 44.8 Å². The largest absolute Gasteiger partial charge is 0.393 e. The molecule has 1 aliphatic carbocycles. The average molecular weight is 344 g/mol. The van der Waals surface area contributed by atoms with Crippen LogP contribution in [0.25, 0.3) is 0 Å². The first-order valence-corrected chi connectivity index (χ1v) is 9.41. The van der Waals surface area contributed by atoms with E-state index in [1.807, 2.05) is 12.1 Å². The van der Waals surface area contributed by atoms with Crippen LogP contribution in [0.5, 0.6) is 0 Å². The molecule has 6 nitrogen and oxygen atoms in total. The highest BCUT2D eigenvalue weighted by atomic mass is 32.2. The van der Waals surface area contributed by atoms with Gasteiger partial charge in [-0.1, -0.05) is 6.08 Å². The molecule has 128 valence electrons. The quantitative estimate of drug-likeness (QED) is 0.869. The summed E-state index contributed by atoms with van der Waals surface area (Å²) in [6.45, 7) is 5.29. The highest BCUT2D eigenvalue weighted by Gasteiger charge is 2.57. The van der Waals surface area contributed by atoms with E-state index in [0.29, 0.717) is 17.5 Å². The molecule has 2 aliphatic heterocycles. The van der Waals surface area contributed by atoms with Crippen molar-refractivity contribution in [1.29, 1.82) is 0 Å². The van der Waals surface area contributed by atoms with Gasteiger partial charge >= 0.3 is 0 Å². The summed E-state index contributed by atoms with van der Waals surface area (Å²) in [6.07, 6.45) is 7.18. The molecule has 24 heavy (non-hydrogen) atoms. The predicted molar refractivity (Wildman–Crippen MR) is 97.3 cm³/mol. The van der Waals surface area contributed by atoms with Crippen molar-refractivity contribution in [1.82, 2.24) is 20.4 Å². The van der Waals surface area contributed by atoms with Gasteiger partial charge in [0.1, 0.15) is 0 Å². The Morgan fingerprint density at radius 3 is 3.29 bits per heavy atom. The topological polar surface area (TPSA) is 79.4 Å². The fourth-order valence-electron chi connectivity index (χ4n) is 3.66. The third kappa shape index (κ3) is 3.42. The molecule has 1 aromatic rings. The second-order valence-electron chi connectivity index (χ2n) is 7.18. The van der Waals surface area contributed by atoms with E-state index in [4.69, 9.17) is 10.7 Å². The first-order valence-electron chi connectivity index (χ1n) is 8.60. The number of rotatable bonds is 3. The van der Waals surface area contributed by atoms with Crippen LogP contribution in [0.1, 0.15) is 31.9 Å². The molecule has 0 amide bonds. The van der Waals surface area contributed by atoms with Crippen LogP contribution in [-0.2, 0) is 6.54 Å². The van der Waals surface area contributed by atoms with Crippen molar-refractivity contribution in [3.8, 4) is 0 Å². The van der Waals surface area contributed by atoms with Gasteiger partial charge < -0.3 is 11.1 Å². The monoisotopic (exact) mass is 344 g/mol. The molecular formula is C17H24N6S. The van der Waals surface area contributed by atoms with Gasteiger partial charge in [-0.3, -0.25) is 9.89 Å². The number of hydrogen-bond acceptors (Lipinski definition) is 6. The maximum absolute atomic E-state index is 6.02. The molecule has 1 spiro atoms. The molecule has 2 unspecified atom stereocenters. The van der Waals surface area contributed by atoms with E-state index in [2.05, 4.69) is 33.4 Å². The third-order valence-electron chi connectivity index (χ3n) is 5.15. The Morgan fingerprint density at radius 1 is 1.54 bits per heavy atom. The number of nitrogens with zero attached hydrogens (tertiary/aromatic N) is 4. The summed E-state index contributed by atoms with van der Waals surface area (Å²) in [7, 11) is 0. The van der Waals surface area contributed by atoms with Gasteiger partial charge in [0, 0.05) is 30.7 Å². The molecular weight excluding hydrogens is 320 g/mol. The molecule has 0 bridgehead atoms. The molecule has 1 saturated heterocycles. The van der Waals surface area contributed by atoms with Crippen LogP contribution in [-0.4, -0.2) is 45.4 Å². The summed E-state index contributed by atoms with van der Waals surface area (Å²) in [6, 6.07) is 4.82. The van der Waals surface area contributed by atoms with E-state index in [1.54, 1.807) is 18.0 Å². The minimum atomic E-state index is 0.367. The molecule has 1 aromatic heterocycles. The lowest BCUT2D eigenvalue weighted by Gasteiger charge is -2.15. The molecule has 7 heteroatoms. The fourth-order valence-corrected chi connectivity index (χ4v) is 4.51. The van der Waals surface area contributed by atoms with Gasteiger partial charge in [0.2, 0.25) is 0 Å². The zero-order valence-electron chi connectivity index (χ0n) is 14.0. The van der Waals surface area contributed by atoms with Crippen LogP contribution < -0.4 is 11.1 Å². The van der Waals surface area contributed by atoms with Crippen LogP contribution >= 0.6 is 11.8 Å². The SMILES string of the molecule is CC1CC=C(N)SC(=NC2C[C@@]23CCN(Cc2cccnn2)C3)N1. The van der Waals surface area contributed by atoms with Gasteiger partial charge in [-0.05, 0) is 56.6 Å². The number of aliphatic imine (C=N–C) groups is 1. The number of likely N-dealkylation sites (tertiary alicyclic amines) is 1. The van der Waals surface area contributed by atoms with E-state index < -0.39 is 0 Å². The number of thioether (sulfide) groups is 1. The molecule has 3 aliphatic rings. The second-order valence-corrected chi connectivity index (χ2v) is 8.24. The number of nitrogens with one attached hydrogen (secondary N) is 1. The van der Waals surface area contributed by atoms with Crippen molar-refractivity contribution in [2.75, 3.05) is 13.1 Å². The van der Waals surface area contributed by atoms with Gasteiger partial charge in [0.15, 0.2) is 5.17 Å². The molecule has 0 radical (unpaired) electrons. The van der Waals surface area contributed by atoms with Crippen molar-refractivity contribution < 1.29 is 0 Å². The number of aromatic nitrogens is 2. The molecule has 2 fully saturated rings. The lowest BCUT2D eigenvalue weighted by atomic mass is 10.1. The van der Waals surface area contributed by atoms with Crippen molar-refractivity contribution in [2.24, 2.45) is 16.1 Å². The van der Waals surface area contributed by atoms with E-state index in [9.17, 15) is 0 Å². The molecule has 3 heterocycles. The summed E-state index contributed by atoms with van der Waals surface area (Å²) in [5.41, 5.74) is 7.43. The van der Waals surface area contributed by atoms with Gasteiger partial charge in [-0.25, -0.2) is 0 Å². The third-order valence-corrected chi connectivity index (χ3v) is 5.97. The van der Waals surface area contributed by atoms with Crippen LogP contribution in [0, 0.1) is 5.41 Å². The number of amidine groups is 1. The van der Waals surface area contributed by atoms with Crippen LogP contribution in [0.4, 0.5) is 0 Å². The lowest BCUT2D eigenvalue weighted by Crippen LogP contribution is -2.29. The zero-order valence-corrected chi connectivity index (χ0v) is 14.8.